The fourth-order valence-corrected chi connectivity index (χ4v) is 1.81. The van der Waals surface area contributed by atoms with Crippen LogP contribution in [-0.2, 0) is 0 Å². The Labute approximate surface area is 123 Å². The molecule has 2 N–H and O–H groups in total. The lowest BCUT2D eigenvalue weighted by Crippen LogP contribution is -2.13. The lowest BCUT2D eigenvalue weighted by molar-refractivity contribution is 0.102. The van der Waals surface area contributed by atoms with Crippen LogP contribution in [-0.4, -0.2) is 22.6 Å². The van der Waals surface area contributed by atoms with E-state index in [-0.39, 0.29) is 12.5 Å². The molecule has 0 aliphatic carbocycles. The number of aliphatic hydroxyl groups is 1. The summed E-state index contributed by atoms with van der Waals surface area (Å²) in [6.45, 7) is 3.64. The minimum absolute atomic E-state index is 0.180. The lowest BCUT2D eigenvalue weighted by atomic mass is 10.0. The van der Waals surface area contributed by atoms with Crippen molar-refractivity contribution in [2.75, 3.05) is 11.9 Å². The predicted octanol–water partition coefficient (Wildman–Crippen LogP) is 2.29. The number of nitrogens with zero attached hydrogens (tertiary/aromatic N) is 1. The zero-order valence-corrected chi connectivity index (χ0v) is 12.0. The molecule has 0 fully saturated rings. The molecule has 0 radical (unpaired) electrons. The van der Waals surface area contributed by atoms with Crippen molar-refractivity contribution in [3.63, 3.8) is 0 Å². The molecule has 0 aliphatic heterocycles. The summed E-state index contributed by atoms with van der Waals surface area (Å²) in [6, 6.07) is 8.90. The molecule has 0 spiro atoms. The van der Waals surface area contributed by atoms with Crippen molar-refractivity contribution in [1.29, 1.82) is 0 Å². The molecule has 4 nitrogen and oxygen atoms in total. The first-order valence-electron chi connectivity index (χ1n) is 6.54. The number of anilines is 1. The van der Waals surface area contributed by atoms with E-state index in [9.17, 15) is 4.79 Å². The fraction of sp³-hybridized carbons (Fsp3) is 0.176. The van der Waals surface area contributed by atoms with Gasteiger partial charge >= 0.3 is 0 Å². The van der Waals surface area contributed by atoms with Crippen molar-refractivity contribution >= 4 is 11.7 Å². The Morgan fingerprint density at radius 3 is 2.71 bits per heavy atom. The average molecular weight is 280 g/mol. The van der Waals surface area contributed by atoms with Gasteiger partial charge in [-0.15, -0.1) is 0 Å². The quantitative estimate of drug-likeness (QED) is 0.830. The van der Waals surface area contributed by atoms with Crippen molar-refractivity contribution < 1.29 is 9.90 Å². The van der Waals surface area contributed by atoms with E-state index in [1.54, 1.807) is 30.5 Å². The molecule has 1 heterocycles. The minimum atomic E-state index is -0.212. The van der Waals surface area contributed by atoms with Gasteiger partial charge in [-0.3, -0.25) is 4.79 Å². The zero-order valence-electron chi connectivity index (χ0n) is 12.0. The van der Waals surface area contributed by atoms with Crippen LogP contribution in [0.3, 0.4) is 0 Å². The first-order valence-corrected chi connectivity index (χ1v) is 6.54. The second-order valence-corrected chi connectivity index (χ2v) is 4.66. The molecule has 21 heavy (non-hydrogen) atoms. The van der Waals surface area contributed by atoms with Crippen molar-refractivity contribution in [3.05, 3.63) is 58.8 Å². The van der Waals surface area contributed by atoms with Gasteiger partial charge in [-0.1, -0.05) is 17.9 Å². The molecule has 0 unspecified atom stereocenters. The van der Waals surface area contributed by atoms with E-state index in [2.05, 4.69) is 22.1 Å². The van der Waals surface area contributed by atoms with Gasteiger partial charge in [-0.05, 0) is 49.2 Å². The molecule has 2 aromatic rings. The Kier molecular flexibility index (Phi) is 4.70. The van der Waals surface area contributed by atoms with Gasteiger partial charge in [-0.25, -0.2) is 4.98 Å². The number of hydrogen-bond acceptors (Lipinski definition) is 3. The monoisotopic (exact) mass is 280 g/mol. The van der Waals surface area contributed by atoms with Crippen LogP contribution < -0.4 is 5.32 Å². The second-order valence-electron chi connectivity index (χ2n) is 4.66. The highest BCUT2D eigenvalue weighted by atomic mass is 16.2. The van der Waals surface area contributed by atoms with E-state index in [4.69, 9.17) is 5.11 Å². The molecule has 0 saturated carbocycles. The van der Waals surface area contributed by atoms with Crippen LogP contribution >= 0.6 is 0 Å². The molecule has 1 amide bonds. The number of hydrogen-bond donors (Lipinski definition) is 2. The summed E-state index contributed by atoms with van der Waals surface area (Å²) in [4.78, 5) is 16.3. The Balaban J connectivity index is 2.16. The number of amides is 1. The van der Waals surface area contributed by atoms with Crippen LogP contribution in [0.2, 0.25) is 0 Å². The highest BCUT2D eigenvalue weighted by Crippen LogP contribution is 2.12. The van der Waals surface area contributed by atoms with Crippen LogP contribution in [0.25, 0.3) is 0 Å². The van der Waals surface area contributed by atoms with Gasteiger partial charge in [0.05, 0.1) is 0 Å². The zero-order chi connectivity index (χ0) is 15.2. The predicted molar refractivity (Wildman–Crippen MR) is 82.1 cm³/mol. The van der Waals surface area contributed by atoms with E-state index in [0.29, 0.717) is 11.4 Å². The van der Waals surface area contributed by atoms with Gasteiger partial charge in [0, 0.05) is 17.3 Å². The largest absolute Gasteiger partial charge is 0.384 e. The summed E-state index contributed by atoms with van der Waals surface area (Å²) >= 11 is 0. The number of rotatable bonds is 2. The maximum atomic E-state index is 12.1. The molecular formula is C17H16N2O2. The Hall–Kier alpha value is -2.64. The van der Waals surface area contributed by atoms with Crippen LogP contribution in [0.1, 0.15) is 27.0 Å². The van der Waals surface area contributed by atoms with E-state index in [1.165, 1.54) is 0 Å². The van der Waals surface area contributed by atoms with Crippen LogP contribution in [0.15, 0.2) is 36.5 Å². The highest BCUT2D eigenvalue weighted by Gasteiger charge is 2.08. The maximum Gasteiger partial charge on any atom is 0.256 e. The summed E-state index contributed by atoms with van der Waals surface area (Å²) in [5.41, 5.74) is 3.27. The Bertz CT molecular complexity index is 710. The lowest BCUT2D eigenvalue weighted by Gasteiger charge is -2.06. The molecule has 106 valence electrons. The van der Waals surface area contributed by atoms with Gasteiger partial charge in [0.25, 0.3) is 5.91 Å². The van der Waals surface area contributed by atoms with E-state index in [0.717, 1.165) is 16.7 Å². The normalized spacial score (nSPS) is 9.67. The molecule has 0 aliphatic rings. The fourth-order valence-electron chi connectivity index (χ4n) is 1.81. The first-order chi connectivity index (χ1) is 10.1. The second kappa shape index (κ2) is 6.69. The third-order valence-electron chi connectivity index (χ3n) is 2.94. The van der Waals surface area contributed by atoms with Crippen LogP contribution in [0.4, 0.5) is 5.82 Å². The van der Waals surface area contributed by atoms with Crippen molar-refractivity contribution in [1.82, 2.24) is 4.98 Å². The molecule has 1 aromatic carbocycles. The molecule has 4 heteroatoms. The van der Waals surface area contributed by atoms with Gasteiger partial charge in [0.2, 0.25) is 0 Å². The van der Waals surface area contributed by atoms with Crippen molar-refractivity contribution in [2.24, 2.45) is 0 Å². The highest BCUT2D eigenvalue weighted by molar-refractivity contribution is 6.03. The first kappa shape index (κ1) is 14.8. The molecular weight excluding hydrogens is 264 g/mol. The van der Waals surface area contributed by atoms with Gasteiger partial charge in [0.1, 0.15) is 12.4 Å². The molecule has 1 aromatic heterocycles. The Morgan fingerprint density at radius 2 is 2.10 bits per heavy atom. The third-order valence-corrected chi connectivity index (χ3v) is 2.94. The average Bonchev–Trinajstić information content (AvgIpc) is 2.48. The summed E-state index contributed by atoms with van der Waals surface area (Å²) < 4.78 is 0. The standard InChI is InChI=1S/C17H16N2O2/c1-12-5-8-16(18-11-12)19-17(21)15-7-6-14(4-3-9-20)13(2)10-15/h5-8,10-11,20H,9H2,1-2H3,(H,18,19,21). The van der Waals surface area contributed by atoms with Crippen LogP contribution in [0, 0.1) is 25.7 Å². The molecule has 0 saturated heterocycles. The molecule has 2 rings (SSSR count). The minimum Gasteiger partial charge on any atom is -0.384 e. The number of nitrogens with one attached hydrogen (secondary N) is 1. The number of pyridine rings is 1. The summed E-state index contributed by atoms with van der Waals surface area (Å²) in [5.74, 6) is 5.74. The van der Waals surface area contributed by atoms with Crippen molar-refractivity contribution in [2.45, 2.75) is 13.8 Å². The smallest absolute Gasteiger partial charge is 0.256 e. The summed E-state index contributed by atoms with van der Waals surface area (Å²) in [5, 5.41) is 11.4. The number of aryl methyl sites for hydroxylation is 2. The van der Waals surface area contributed by atoms with Crippen molar-refractivity contribution in [3.8, 4) is 11.8 Å². The van der Waals surface area contributed by atoms with Crippen LogP contribution in [0.5, 0.6) is 0 Å². The third kappa shape index (κ3) is 3.91. The van der Waals surface area contributed by atoms with Gasteiger partial charge in [-0.2, -0.15) is 0 Å². The Morgan fingerprint density at radius 1 is 1.29 bits per heavy atom. The van der Waals surface area contributed by atoms with Gasteiger partial charge in [0.15, 0.2) is 0 Å². The van der Waals surface area contributed by atoms with E-state index >= 15 is 0 Å². The SMILES string of the molecule is Cc1ccc(NC(=O)c2ccc(C#CCO)c(C)c2)nc1. The number of aromatic nitrogens is 1. The maximum absolute atomic E-state index is 12.1. The summed E-state index contributed by atoms with van der Waals surface area (Å²) in [7, 11) is 0. The molecule has 0 atom stereocenters. The van der Waals surface area contributed by atoms with Gasteiger partial charge < -0.3 is 10.4 Å². The summed E-state index contributed by atoms with van der Waals surface area (Å²) in [6.07, 6.45) is 1.70. The van der Waals surface area contributed by atoms with E-state index < -0.39 is 0 Å². The number of carbonyl (C=O) groups excluding carboxylic acids is 1. The number of carbonyl (C=O) groups is 1. The number of aliphatic hydroxyl groups excluding tert-OH is 1. The topological polar surface area (TPSA) is 62.2 Å². The van der Waals surface area contributed by atoms with E-state index in [1.807, 2.05) is 19.9 Å². The number of benzene rings is 1. The molecule has 0 bridgehead atoms.